The lowest BCUT2D eigenvalue weighted by Crippen LogP contribution is -2.24. The Hall–Kier alpha value is -2.21. The molecule has 2 aromatic carbocycles. The van der Waals surface area contributed by atoms with Crippen LogP contribution in [-0.4, -0.2) is 15.7 Å². The van der Waals surface area contributed by atoms with E-state index in [4.69, 9.17) is 39.5 Å². The van der Waals surface area contributed by atoms with E-state index in [9.17, 15) is 4.79 Å². The summed E-state index contributed by atoms with van der Waals surface area (Å²) in [6.07, 6.45) is 1.54. The summed E-state index contributed by atoms with van der Waals surface area (Å²) in [5.41, 5.74) is 2.10. The quantitative estimate of drug-likeness (QED) is 0.613. The highest BCUT2D eigenvalue weighted by molar-refractivity contribution is 6.35. The molecule has 1 aromatic heterocycles. The Kier molecular flexibility index (Phi) is 6.26. The standard InChI is InChI=1S/C19H16Cl3N3O2/c1-25-17(16(22)9-24-25)10-23-19(26)13-4-2-3-12(7-13)11-27-18-6-5-14(20)8-15(18)21/h2-9H,10-11H2,1H3,(H,23,26). The average Bonchev–Trinajstić information content (AvgIpc) is 2.97. The smallest absolute Gasteiger partial charge is 0.251 e. The van der Waals surface area contributed by atoms with Crippen molar-refractivity contribution in [3.05, 3.63) is 80.6 Å². The Morgan fingerprint density at radius 3 is 2.67 bits per heavy atom. The highest BCUT2D eigenvalue weighted by Crippen LogP contribution is 2.28. The molecular formula is C19H16Cl3N3O2. The number of carbonyl (C=O) groups is 1. The molecule has 0 bridgehead atoms. The van der Waals surface area contributed by atoms with E-state index < -0.39 is 0 Å². The third kappa shape index (κ3) is 4.95. The van der Waals surface area contributed by atoms with Gasteiger partial charge in [0.2, 0.25) is 0 Å². The summed E-state index contributed by atoms with van der Waals surface area (Å²) in [6, 6.07) is 12.2. The number of aromatic nitrogens is 2. The van der Waals surface area contributed by atoms with Gasteiger partial charge in [0.25, 0.3) is 5.91 Å². The zero-order valence-corrected chi connectivity index (χ0v) is 16.6. The van der Waals surface area contributed by atoms with Gasteiger partial charge >= 0.3 is 0 Å². The maximum atomic E-state index is 12.4. The number of rotatable bonds is 6. The Balaban J connectivity index is 1.63. The average molecular weight is 425 g/mol. The van der Waals surface area contributed by atoms with Gasteiger partial charge < -0.3 is 10.1 Å². The van der Waals surface area contributed by atoms with Gasteiger partial charge in [0, 0.05) is 17.6 Å². The van der Waals surface area contributed by atoms with E-state index >= 15 is 0 Å². The lowest BCUT2D eigenvalue weighted by atomic mass is 10.1. The fourth-order valence-electron chi connectivity index (χ4n) is 2.46. The summed E-state index contributed by atoms with van der Waals surface area (Å²) in [5.74, 6) is 0.320. The van der Waals surface area contributed by atoms with Gasteiger partial charge in [0.05, 0.1) is 28.5 Å². The molecule has 0 unspecified atom stereocenters. The Bertz CT molecular complexity index is 953. The zero-order valence-electron chi connectivity index (χ0n) is 14.4. The first-order valence-electron chi connectivity index (χ1n) is 8.05. The van der Waals surface area contributed by atoms with Crippen molar-refractivity contribution in [2.75, 3.05) is 0 Å². The number of nitrogens with zero attached hydrogens (tertiary/aromatic N) is 2. The number of carbonyl (C=O) groups excluding carboxylic acids is 1. The second-order valence-electron chi connectivity index (χ2n) is 5.81. The fraction of sp³-hybridized carbons (Fsp3) is 0.158. The van der Waals surface area contributed by atoms with Gasteiger partial charge in [-0.2, -0.15) is 5.10 Å². The second-order valence-corrected chi connectivity index (χ2v) is 7.06. The molecule has 3 rings (SSSR count). The Morgan fingerprint density at radius 2 is 1.96 bits per heavy atom. The van der Waals surface area contributed by atoms with Crippen molar-refractivity contribution in [3.8, 4) is 5.75 Å². The molecule has 0 radical (unpaired) electrons. The van der Waals surface area contributed by atoms with Gasteiger partial charge in [-0.25, -0.2) is 0 Å². The molecule has 0 spiro atoms. The van der Waals surface area contributed by atoms with Gasteiger partial charge in [0.15, 0.2) is 0 Å². The molecule has 0 fully saturated rings. The molecule has 0 saturated heterocycles. The summed E-state index contributed by atoms with van der Waals surface area (Å²) < 4.78 is 7.34. The van der Waals surface area contributed by atoms with Crippen molar-refractivity contribution < 1.29 is 9.53 Å². The van der Waals surface area contributed by atoms with Crippen LogP contribution >= 0.6 is 34.8 Å². The van der Waals surface area contributed by atoms with E-state index in [0.717, 1.165) is 11.3 Å². The van der Waals surface area contributed by atoms with Crippen molar-refractivity contribution in [2.45, 2.75) is 13.2 Å². The zero-order chi connectivity index (χ0) is 19.4. The van der Waals surface area contributed by atoms with Crippen LogP contribution in [0.2, 0.25) is 15.1 Å². The monoisotopic (exact) mass is 423 g/mol. The number of benzene rings is 2. The molecule has 0 aliphatic carbocycles. The molecule has 140 valence electrons. The summed E-state index contributed by atoms with van der Waals surface area (Å²) in [7, 11) is 1.77. The van der Waals surface area contributed by atoms with Crippen LogP contribution in [0.25, 0.3) is 0 Å². The molecular weight excluding hydrogens is 409 g/mol. The van der Waals surface area contributed by atoms with Gasteiger partial charge in [-0.15, -0.1) is 0 Å². The highest BCUT2D eigenvalue weighted by Gasteiger charge is 2.11. The van der Waals surface area contributed by atoms with Crippen molar-refractivity contribution in [3.63, 3.8) is 0 Å². The molecule has 8 heteroatoms. The molecule has 3 aromatic rings. The lowest BCUT2D eigenvalue weighted by molar-refractivity contribution is 0.0950. The maximum absolute atomic E-state index is 12.4. The van der Waals surface area contributed by atoms with Crippen LogP contribution in [0.1, 0.15) is 21.6 Å². The van der Waals surface area contributed by atoms with Crippen LogP contribution in [0, 0.1) is 0 Å². The molecule has 0 atom stereocenters. The van der Waals surface area contributed by atoms with Crippen LogP contribution in [0.15, 0.2) is 48.7 Å². The van der Waals surface area contributed by atoms with Crippen molar-refractivity contribution in [1.29, 1.82) is 0 Å². The normalized spacial score (nSPS) is 10.7. The van der Waals surface area contributed by atoms with Gasteiger partial charge in [-0.1, -0.05) is 46.9 Å². The topological polar surface area (TPSA) is 56.2 Å². The van der Waals surface area contributed by atoms with Gasteiger partial charge in [-0.3, -0.25) is 9.48 Å². The number of hydrogen-bond acceptors (Lipinski definition) is 3. The summed E-state index contributed by atoms with van der Waals surface area (Å²) in [6.45, 7) is 0.561. The third-order valence-electron chi connectivity index (χ3n) is 3.90. The van der Waals surface area contributed by atoms with Crippen molar-refractivity contribution >= 4 is 40.7 Å². The highest BCUT2D eigenvalue weighted by atomic mass is 35.5. The number of halogens is 3. The van der Waals surface area contributed by atoms with Gasteiger partial charge in [0.1, 0.15) is 12.4 Å². The first-order valence-corrected chi connectivity index (χ1v) is 9.19. The molecule has 5 nitrogen and oxygen atoms in total. The molecule has 0 saturated carbocycles. The minimum Gasteiger partial charge on any atom is -0.487 e. The molecule has 1 amide bonds. The van der Waals surface area contributed by atoms with Gasteiger partial charge in [-0.05, 0) is 35.9 Å². The number of nitrogens with one attached hydrogen (secondary N) is 1. The van der Waals surface area contributed by atoms with Crippen molar-refractivity contribution in [2.24, 2.45) is 7.05 Å². The minimum atomic E-state index is -0.210. The summed E-state index contributed by atoms with van der Waals surface area (Å²) in [4.78, 5) is 12.4. The Labute approximate surface area is 171 Å². The summed E-state index contributed by atoms with van der Waals surface area (Å²) >= 11 is 18.0. The number of ether oxygens (including phenoxy) is 1. The van der Waals surface area contributed by atoms with E-state index in [1.807, 2.05) is 6.07 Å². The molecule has 0 aliphatic heterocycles. The predicted octanol–water partition coefficient (Wildman–Crippen LogP) is 4.89. The van der Waals surface area contributed by atoms with E-state index in [0.29, 0.717) is 26.4 Å². The molecule has 1 N–H and O–H groups in total. The first kappa shape index (κ1) is 19.5. The number of hydrogen-bond donors (Lipinski definition) is 1. The fourth-order valence-corrected chi connectivity index (χ4v) is 3.15. The third-order valence-corrected chi connectivity index (χ3v) is 4.75. The SMILES string of the molecule is Cn1ncc(Cl)c1CNC(=O)c1cccc(COc2ccc(Cl)cc2Cl)c1. The molecule has 27 heavy (non-hydrogen) atoms. The Morgan fingerprint density at radius 1 is 1.15 bits per heavy atom. The first-order chi connectivity index (χ1) is 12.9. The van der Waals surface area contributed by atoms with E-state index in [-0.39, 0.29) is 19.1 Å². The number of amides is 1. The van der Waals surface area contributed by atoms with Crippen LogP contribution in [-0.2, 0) is 20.2 Å². The largest absolute Gasteiger partial charge is 0.487 e. The molecule has 0 aliphatic rings. The van der Waals surface area contributed by atoms with Crippen molar-refractivity contribution in [1.82, 2.24) is 15.1 Å². The minimum absolute atomic E-state index is 0.210. The van der Waals surface area contributed by atoms with Crippen LogP contribution < -0.4 is 10.1 Å². The van der Waals surface area contributed by atoms with E-state index in [2.05, 4.69) is 10.4 Å². The van der Waals surface area contributed by atoms with Crippen LogP contribution in [0.5, 0.6) is 5.75 Å². The second kappa shape index (κ2) is 8.65. The maximum Gasteiger partial charge on any atom is 0.251 e. The molecule has 1 heterocycles. The van der Waals surface area contributed by atoms with E-state index in [1.54, 1.807) is 54.3 Å². The number of aryl methyl sites for hydroxylation is 1. The lowest BCUT2D eigenvalue weighted by Gasteiger charge is -2.10. The predicted molar refractivity (Wildman–Crippen MR) is 107 cm³/mol. The van der Waals surface area contributed by atoms with Crippen LogP contribution in [0.3, 0.4) is 0 Å². The van der Waals surface area contributed by atoms with Crippen LogP contribution in [0.4, 0.5) is 0 Å². The van der Waals surface area contributed by atoms with E-state index in [1.165, 1.54) is 0 Å². The summed E-state index contributed by atoms with van der Waals surface area (Å²) in [5, 5.41) is 8.37.